The van der Waals surface area contributed by atoms with Gasteiger partial charge in [-0.25, -0.2) is 12.8 Å². The van der Waals surface area contributed by atoms with E-state index in [2.05, 4.69) is 4.72 Å². The fourth-order valence-electron chi connectivity index (χ4n) is 1.74. The van der Waals surface area contributed by atoms with Gasteiger partial charge in [-0.15, -0.1) is 0 Å². The van der Waals surface area contributed by atoms with Crippen molar-refractivity contribution in [2.75, 3.05) is 4.72 Å². The molecule has 0 aliphatic heterocycles. The topological polar surface area (TPSA) is 89.3 Å². The second-order valence-electron chi connectivity index (χ2n) is 4.29. The summed E-state index contributed by atoms with van der Waals surface area (Å²) in [6.45, 7) is 1.59. The molecule has 21 heavy (non-hydrogen) atoms. The van der Waals surface area contributed by atoms with Crippen LogP contribution in [0.5, 0.6) is 0 Å². The van der Waals surface area contributed by atoms with Gasteiger partial charge in [-0.3, -0.25) is 14.8 Å². The zero-order valence-electron chi connectivity index (χ0n) is 10.9. The van der Waals surface area contributed by atoms with Crippen molar-refractivity contribution < 1.29 is 17.7 Å². The van der Waals surface area contributed by atoms with Gasteiger partial charge in [-0.05, 0) is 30.7 Å². The summed E-state index contributed by atoms with van der Waals surface area (Å²) >= 11 is 0. The van der Waals surface area contributed by atoms with Crippen molar-refractivity contribution in [1.29, 1.82) is 0 Å². The Morgan fingerprint density at radius 3 is 2.52 bits per heavy atom. The van der Waals surface area contributed by atoms with Crippen LogP contribution in [0.4, 0.5) is 15.8 Å². The van der Waals surface area contributed by atoms with Crippen molar-refractivity contribution >= 4 is 21.4 Å². The van der Waals surface area contributed by atoms with E-state index in [0.29, 0.717) is 5.56 Å². The lowest BCUT2D eigenvalue weighted by atomic mass is 10.2. The van der Waals surface area contributed by atoms with Gasteiger partial charge in [0.1, 0.15) is 5.82 Å². The molecule has 0 atom stereocenters. The number of rotatable bonds is 4. The summed E-state index contributed by atoms with van der Waals surface area (Å²) in [5, 5.41) is 10.9. The van der Waals surface area contributed by atoms with Crippen molar-refractivity contribution in [3.8, 4) is 0 Å². The van der Waals surface area contributed by atoms with Crippen molar-refractivity contribution in [2.45, 2.75) is 11.8 Å². The van der Waals surface area contributed by atoms with E-state index < -0.39 is 31.3 Å². The molecular weight excluding hydrogens is 299 g/mol. The number of nitrogens with zero attached hydrogens (tertiary/aromatic N) is 1. The van der Waals surface area contributed by atoms with Crippen LogP contribution in [0.15, 0.2) is 47.4 Å². The third-order valence-electron chi connectivity index (χ3n) is 2.80. The third kappa shape index (κ3) is 3.16. The van der Waals surface area contributed by atoms with Crippen LogP contribution in [-0.4, -0.2) is 13.3 Å². The lowest BCUT2D eigenvalue weighted by Crippen LogP contribution is -2.15. The van der Waals surface area contributed by atoms with Gasteiger partial charge in [0, 0.05) is 6.07 Å². The Morgan fingerprint density at radius 1 is 1.19 bits per heavy atom. The zero-order valence-corrected chi connectivity index (χ0v) is 11.7. The predicted molar refractivity (Wildman–Crippen MR) is 75.0 cm³/mol. The van der Waals surface area contributed by atoms with Crippen LogP contribution in [0.3, 0.4) is 0 Å². The summed E-state index contributed by atoms with van der Waals surface area (Å²) in [7, 11) is -4.19. The molecule has 0 aromatic heterocycles. The first-order valence-corrected chi connectivity index (χ1v) is 7.32. The molecule has 0 unspecified atom stereocenters. The number of hydrogen-bond donors (Lipinski definition) is 1. The number of para-hydroxylation sites is 1. The Bertz CT molecular complexity index is 806. The Morgan fingerprint density at radius 2 is 1.86 bits per heavy atom. The number of anilines is 1. The first kappa shape index (κ1) is 14.9. The van der Waals surface area contributed by atoms with Crippen LogP contribution < -0.4 is 4.72 Å². The van der Waals surface area contributed by atoms with Crippen LogP contribution in [-0.2, 0) is 10.0 Å². The molecule has 110 valence electrons. The van der Waals surface area contributed by atoms with Gasteiger partial charge < -0.3 is 0 Å². The number of aryl methyl sites for hydroxylation is 1. The minimum Gasteiger partial charge on any atom is -0.279 e. The minimum atomic E-state index is -4.19. The van der Waals surface area contributed by atoms with E-state index in [-0.39, 0.29) is 5.69 Å². The highest BCUT2D eigenvalue weighted by atomic mass is 32.2. The van der Waals surface area contributed by atoms with E-state index in [1.165, 1.54) is 24.3 Å². The van der Waals surface area contributed by atoms with Crippen LogP contribution >= 0.6 is 0 Å². The molecule has 6 nitrogen and oxygen atoms in total. The number of halogens is 1. The quantitative estimate of drug-likeness (QED) is 0.694. The maximum atomic E-state index is 13.2. The lowest BCUT2D eigenvalue weighted by molar-refractivity contribution is -0.387. The Hall–Kier alpha value is -2.48. The molecule has 0 heterocycles. The van der Waals surface area contributed by atoms with Gasteiger partial charge in [0.25, 0.3) is 15.7 Å². The van der Waals surface area contributed by atoms with Gasteiger partial charge >= 0.3 is 0 Å². The molecule has 0 saturated carbocycles. The average Bonchev–Trinajstić information content (AvgIpc) is 2.42. The van der Waals surface area contributed by atoms with Gasteiger partial charge in [-0.2, -0.15) is 0 Å². The third-order valence-corrected chi connectivity index (χ3v) is 4.21. The molecule has 0 aliphatic rings. The summed E-state index contributed by atoms with van der Waals surface area (Å²) in [5.74, 6) is -0.610. The fourth-order valence-corrected chi connectivity index (χ4v) is 3.03. The fraction of sp³-hybridized carbons (Fsp3) is 0.0769. The highest BCUT2D eigenvalue weighted by molar-refractivity contribution is 7.92. The number of benzene rings is 2. The molecular formula is C13H11FN2O4S. The molecule has 2 rings (SSSR count). The summed E-state index contributed by atoms with van der Waals surface area (Å²) in [6, 6.07) is 8.57. The van der Waals surface area contributed by atoms with Gasteiger partial charge in [-0.1, -0.05) is 18.2 Å². The average molecular weight is 310 g/mol. The highest BCUT2D eigenvalue weighted by Crippen LogP contribution is 2.26. The smallest absolute Gasteiger partial charge is 0.279 e. The molecule has 1 N–H and O–H groups in total. The molecule has 0 amide bonds. The molecule has 0 bridgehead atoms. The van der Waals surface area contributed by atoms with E-state index >= 15 is 0 Å². The van der Waals surface area contributed by atoms with Crippen LogP contribution in [0.2, 0.25) is 0 Å². The first-order valence-electron chi connectivity index (χ1n) is 5.83. The second-order valence-corrected chi connectivity index (χ2v) is 5.94. The SMILES string of the molecule is Cc1ccc(F)cc1NS(=O)(=O)c1ccccc1[N+](=O)[O-]. The number of nitro groups is 1. The maximum Gasteiger partial charge on any atom is 0.289 e. The van der Waals surface area contributed by atoms with Crippen molar-refractivity contribution in [1.82, 2.24) is 0 Å². The van der Waals surface area contributed by atoms with Crippen LogP contribution in [0.1, 0.15) is 5.56 Å². The monoisotopic (exact) mass is 310 g/mol. The van der Waals surface area contributed by atoms with Crippen molar-refractivity contribution in [3.63, 3.8) is 0 Å². The standard InChI is InChI=1S/C13H11FN2O4S/c1-9-6-7-10(14)8-11(9)15-21(19,20)13-5-3-2-4-12(13)16(17)18/h2-8,15H,1H3. The summed E-state index contributed by atoms with van der Waals surface area (Å²) in [6.07, 6.45) is 0. The highest BCUT2D eigenvalue weighted by Gasteiger charge is 2.25. The molecule has 0 fully saturated rings. The maximum absolute atomic E-state index is 13.2. The molecule has 0 saturated heterocycles. The van der Waals surface area contributed by atoms with Gasteiger partial charge in [0.15, 0.2) is 4.90 Å². The Balaban J connectivity index is 2.49. The Kier molecular flexibility index (Phi) is 3.90. The molecule has 8 heteroatoms. The molecule has 0 spiro atoms. The normalized spacial score (nSPS) is 11.1. The lowest BCUT2D eigenvalue weighted by Gasteiger charge is -2.10. The van der Waals surface area contributed by atoms with Gasteiger partial charge in [0.05, 0.1) is 10.6 Å². The number of sulfonamides is 1. The summed E-state index contributed by atoms with van der Waals surface area (Å²) < 4.78 is 39.9. The molecule has 2 aromatic carbocycles. The number of hydrogen-bond acceptors (Lipinski definition) is 4. The van der Waals surface area contributed by atoms with Gasteiger partial charge in [0.2, 0.25) is 0 Å². The van der Waals surface area contributed by atoms with E-state index in [4.69, 9.17) is 0 Å². The second kappa shape index (κ2) is 5.49. The van der Waals surface area contributed by atoms with E-state index in [1.807, 2.05) is 0 Å². The van der Waals surface area contributed by atoms with E-state index in [1.54, 1.807) is 6.92 Å². The van der Waals surface area contributed by atoms with Crippen LogP contribution in [0.25, 0.3) is 0 Å². The molecule has 0 aliphatic carbocycles. The number of nitrogens with one attached hydrogen (secondary N) is 1. The Labute approximate surface area is 120 Å². The summed E-state index contributed by atoms with van der Waals surface area (Å²) in [4.78, 5) is 9.64. The largest absolute Gasteiger partial charge is 0.289 e. The predicted octanol–water partition coefficient (Wildman–Crippen LogP) is 2.84. The minimum absolute atomic E-state index is 0.0353. The molecule has 2 aromatic rings. The van der Waals surface area contributed by atoms with Crippen LogP contribution in [0, 0.1) is 22.9 Å². The summed E-state index contributed by atoms with van der Waals surface area (Å²) in [5.41, 5.74) is -0.00855. The molecule has 0 radical (unpaired) electrons. The van der Waals surface area contributed by atoms with Crippen molar-refractivity contribution in [3.05, 3.63) is 64.0 Å². The number of nitro benzene ring substituents is 1. The van der Waals surface area contributed by atoms with Crippen molar-refractivity contribution in [2.24, 2.45) is 0 Å². The first-order chi connectivity index (χ1) is 9.81. The van der Waals surface area contributed by atoms with E-state index in [0.717, 1.165) is 18.2 Å². The van der Waals surface area contributed by atoms with E-state index in [9.17, 15) is 22.9 Å². The zero-order chi connectivity index (χ0) is 15.6.